The number of aliphatic hydroxyl groups is 1. The average Bonchev–Trinajstić information content (AvgIpc) is 3.07. The first kappa shape index (κ1) is 36.8. The molecule has 1 aliphatic heterocycles. The molecule has 3 aromatic rings. The molecule has 11 nitrogen and oxygen atoms in total. The number of halogens is 1. The number of nitrogens with one attached hydrogen (secondary N) is 2. The van der Waals surface area contributed by atoms with Crippen molar-refractivity contribution < 1.29 is 37.0 Å². The van der Waals surface area contributed by atoms with E-state index in [1.54, 1.807) is 49.4 Å². The lowest BCUT2D eigenvalue weighted by molar-refractivity contribution is -0.00833. The first-order chi connectivity index (χ1) is 22.9. The number of amides is 3. The van der Waals surface area contributed by atoms with Gasteiger partial charge in [-0.2, -0.15) is 4.31 Å². The predicted octanol–water partition coefficient (Wildman–Crippen LogP) is 5.59. The van der Waals surface area contributed by atoms with Crippen LogP contribution in [0.3, 0.4) is 0 Å². The Kier molecular flexibility index (Phi) is 12.9. The maximum atomic E-state index is 14.3. The molecule has 3 amide bonds. The van der Waals surface area contributed by atoms with Crippen LogP contribution in [-0.2, 0) is 14.8 Å². The molecule has 0 aromatic heterocycles. The third-order valence-electron chi connectivity index (χ3n) is 8.30. The second-order valence-electron chi connectivity index (χ2n) is 12.2. The Labute approximate surface area is 282 Å². The molecule has 0 bridgehead atoms. The fourth-order valence-electron chi connectivity index (χ4n) is 5.41. The van der Waals surface area contributed by atoms with Crippen LogP contribution >= 0.6 is 0 Å². The van der Waals surface area contributed by atoms with Crippen LogP contribution in [0.2, 0.25) is 0 Å². The molecule has 0 saturated heterocycles. The minimum Gasteiger partial charge on any atom is -0.490 e. The molecular weight excluding hydrogens is 639 g/mol. The number of ether oxygens (including phenoxy) is 2. The molecule has 1 heterocycles. The van der Waals surface area contributed by atoms with E-state index < -0.39 is 39.9 Å². The maximum Gasteiger partial charge on any atom is 0.323 e. The number of likely N-dealkylation sites (N-methyl/N-ethyl adjacent to an activating group) is 1. The number of fused-ring (bicyclic) bond motifs is 1. The van der Waals surface area contributed by atoms with Crippen molar-refractivity contribution in [1.29, 1.82) is 0 Å². The van der Waals surface area contributed by atoms with Gasteiger partial charge in [-0.1, -0.05) is 25.1 Å². The van der Waals surface area contributed by atoms with Crippen LogP contribution in [0.15, 0.2) is 77.7 Å². The van der Waals surface area contributed by atoms with Gasteiger partial charge in [0, 0.05) is 44.0 Å². The molecule has 0 radical (unpaired) electrons. The summed E-state index contributed by atoms with van der Waals surface area (Å²) >= 11 is 0. The number of rotatable bonds is 8. The Morgan fingerprint density at radius 2 is 1.71 bits per heavy atom. The molecule has 3 aromatic carbocycles. The van der Waals surface area contributed by atoms with Crippen molar-refractivity contribution in [2.45, 2.75) is 63.2 Å². The Morgan fingerprint density at radius 1 is 1.04 bits per heavy atom. The number of aliphatic hydroxyl groups excluding tert-OH is 1. The van der Waals surface area contributed by atoms with E-state index in [4.69, 9.17) is 9.47 Å². The lowest BCUT2D eigenvalue weighted by atomic mass is 10.0. The smallest absolute Gasteiger partial charge is 0.323 e. The highest BCUT2D eigenvalue weighted by molar-refractivity contribution is 7.89. The molecule has 3 N–H and O–H groups in total. The van der Waals surface area contributed by atoms with Crippen molar-refractivity contribution >= 4 is 33.3 Å². The van der Waals surface area contributed by atoms with Gasteiger partial charge in [-0.3, -0.25) is 4.79 Å². The molecule has 0 unspecified atom stereocenters. The number of urea groups is 1. The minimum atomic E-state index is -3.79. The zero-order valence-electron chi connectivity index (χ0n) is 27.8. The number of anilines is 2. The monoisotopic (exact) mass is 684 g/mol. The molecule has 0 spiro atoms. The summed E-state index contributed by atoms with van der Waals surface area (Å²) in [6, 6.07) is 17.1. The number of hydrogen-bond acceptors (Lipinski definition) is 7. The number of hydrogen-bond donors (Lipinski definition) is 3. The predicted molar refractivity (Wildman–Crippen MR) is 182 cm³/mol. The Morgan fingerprint density at radius 3 is 2.40 bits per heavy atom. The minimum absolute atomic E-state index is 0.0568. The summed E-state index contributed by atoms with van der Waals surface area (Å²) in [5, 5.41) is 15.5. The van der Waals surface area contributed by atoms with E-state index >= 15 is 0 Å². The lowest BCUT2D eigenvalue weighted by Crippen LogP contribution is -2.48. The van der Waals surface area contributed by atoms with Gasteiger partial charge >= 0.3 is 6.03 Å². The quantitative estimate of drug-likeness (QED) is 0.282. The summed E-state index contributed by atoms with van der Waals surface area (Å²) in [7, 11) is -2.28. The van der Waals surface area contributed by atoms with Gasteiger partial charge in [-0.25, -0.2) is 17.6 Å². The Bertz CT molecular complexity index is 1630. The number of benzene rings is 3. The topological polar surface area (TPSA) is 138 Å². The van der Waals surface area contributed by atoms with Crippen LogP contribution in [0, 0.1) is 11.7 Å². The standard InChI is InChI=1S/C35H45FN4O7S/c1-24-21-40(25(2)23-41)34(42)31-20-29(38-35(43)37-28-15-13-27(36)14-16-28)17-18-32(31)47-26(3)10-8-9-19-46-33(24)22-39(4)48(44,45)30-11-6-5-7-12-30/h5-7,11-18,20,24-26,33,41H,8-10,19,21-23H2,1-4H3,(H2,37,38,43)/t24-,25+,26-,33-/m1/s1. The highest BCUT2D eigenvalue weighted by Crippen LogP contribution is 2.29. The summed E-state index contributed by atoms with van der Waals surface area (Å²) in [5.74, 6) is -0.879. The molecule has 48 heavy (non-hydrogen) atoms. The van der Waals surface area contributed by atoms with Crippen molar-refractivity contribution in [3.8, 4) is 5.75 Å². The van der Waals surface area contributed by atoms with Gasteiger partial charge in [0.2, 0.25) is 10.0 Å². The molecule has 13 heteroatoms. The zero-order valence-corrected chi connectivity index (χ0v) is 28.6. The fraction of sp³-hybridized carbons (Fsp3) is 0.429. The van der Waals surface area contributed by atoms with Crippen molar-refractivity contribution in [2.75, 3.05) is 44.0 Å². The molecular formula is C35H45FN4O7S. The highest BCUT2D eigenvalue weighted by Gasteiger charge is 2.32. The van der Waals surface area contributed by atoms with Crippen molar-refractivity contribution in [1.82, 2.24) is 9.21 Å². The number of nitrogens with zero attached hydrogens (tertiary/aromatic N) is 2. The van der Waals surface area contributed by atoms with Crippen molar-refractivity contribution in [3.05, 3.63) is 84.2 Å². The summed E-state index contributed by atoms with van der Waals surface area (Å²) in [4.78, 5) is 28.8. The van der Waals surface area contributed by atoms with Crippen LogP contribution in [0.25, 0.3) is 0 Å². The number of sulfonamides is 1. The van der Waals surface area contributed by atoms with Gasteiger partial charge in [0.15, 0.2) is 0 Å². The highest BCUT2D eigenvalue weighted by atomic mass is 32.2. The molecule has 0 aliphatic carbocycles. The number of carbonyl (C=O) groups is 2. The fourth-order valence-corrected chi connectivity index (χ4v) is 6.62. The zero-order chi connectivity index (χ0) is 34.8. The molecule has 4 atom stereocenters. The van der Waals surface area contributed by atoms with Crippen LogP contribution in [-0.4, -0.2) is 86.3 Å². The third-order valence-corrected chi connectivity index (χ3v) is 10.1. The van der Waals surface area contributed by atoms with Crippen molar-refractivity contribution in [3.63, 3.8) is 0 Å². The van der Waals surface area contributed by atoms with Gasteiger partial charge < -0.3 is 30.1 Å². The van der Waals surface area contributed by atoms with Gasteiger partial charge in [-0.15, -0.1) is 0 Å². The van der Waals surface area contributed by atoms with Crippen LogP contribution in [0.1, 0.15) is 50.4 Å². The summed E-state index contributed by atoms with van der Waals surface area (Å²) in [6.07, 6.45) is 1.37. The largest absolute Gasteiger partial charge is 0.490 e. The van der Waals surface area contributed by atoms with E-state index in [-0.39, 0.29) is 42.2 Å². The van der Waals surface area contributed by atoms with Crippen LogP contribution < -0.4 is 15.4 Å². The third kappa shape index (κ3) is 9.75. The van der Waals surface area contributed by atoms with E-state index in [9.17, 15) is 27.5 Å². The first-order valence-corrected chi connectivity index (χ1v) is 17.5. The maximum absolute atomic E-state index is 14.3. The Balaban J connectivity index is 1.62. The van der Waals surface area contributed by atoms with E-state index in [0.717, 1.165) is 12.8 Å². The normalized spacial score (nSPS) is 20.3. The average molecular weight is 685 g/mol. The van der Waals surface area contributed by atoms with Gasteiger partial charge in [-0.05, 0) is 87.7 Å². The lowest BCUT2D eigenvalue weighted by Gasteiger charge is -2.35. The second-order valence-corrected chi connectivity index (χ2v) is 14.2. The first-order valence-electron chi connectivity index (χ1n) is 16.1. The van der Waals surface area contributed by atoms with Gasteiger partial charge in [0.1, 0.15) is 11.6 Å². The molecule has 260 valence electrons. The van der Waals surface area contributed by atoms with E-state index in [1.165, 1.54) is 46.6 Å². The van der Waals surface area contributed by atoms with Gasteiger partial charge in [0.25, 0.3) is 5.91 Å². The summed E-state index contributed by atoms with van der Waals surface area (Å²) in [5.41, 5.74) is 0.890. The second kappa shape index (κ2) is 16.9. The molecule has 4 rings (SSSR count). The SMILES string of the molecule is C[C@@H]1CCCCO[C@H](CN(C)S(=O)(=O)c2ccccc2)[C@H](C)CN([C@@H](C)CO)C(=O)c2cc(NC(=O)Nc3ccc(F)cc3)ccc2O1. The summed E-state index contributed by atoms with van der Waals surface area (Å²) < 4.78 is 53.8. The summed E-state index contributed by atoms with van der Waals surface area (Å²) in [6.45, 7) is 5.79. The Hall–Kier alpha value is -4.04. The van der Waals surface area contributed by atoms with E-state index in [1.807, 2.05) is 13.8 Å². The molecule has 0 saturated carbocycles. The van der Waals surface area contributed by atoms with Crippen LogP contribution in [0.5, 0.6) is 5.75 Å². The number of carbonyl (C=O) groups excluding carboxylic acids is 2. The van der Waals surface area contributed by atoms with Crippen LogP contribution in [0.4, 0.5) is 20.6 Å². The van der Waals surface area contributed by atoms with E-state index in [0.29, 0.717) is 30.2 Å². The van der Waals surface area contributed by atoms with Crippen molar-refractivity contribution in [2.24, 2.45) is 5.92 Å². The molecule has 0 fully saturated rings. The molecule has 1 aliphatic rings. The van der Waals surface area contributed by atoms with Gasteiger partial charge in [0.05, 0.1) is 35.3 Å². The van der Waals surface area contributed by atoms with E-state index in [2.05, 4.69) is 10.6 Å².